The Kier molecular flexibility index (Phi) is 2.53. The molecule has 2 aliphatic carbocycles. The molecule has 84 valence electrons. The van der Waals surface area contributed by atoms with Gasteiger partial charge in [-0.2, -0.15) is 0 Å². The molecule has 3 heteroatoms. The molecule has 3 fully saturated rings. The standard InChI is InChI=1S/C12H19NO2/c14-12-10-2-1-9(7-10)11(12)8-13-3-5-15-6-4-13/h9-11H,1-8H2/t9?,10-,11+/m1/s1. The summed E-state index contributed by atoms with van der Waals surface area (Å²) >= 11 is 0. The third kappa shape index (κ3) is 1.72. The third-order valence-electron chi connectivity index (χ3n) is 4.37. The Bertz CT molecular complexity index is 260. The van der Waals surface area contributed by atoms with Gasteiger partial charge in [-0.1, -0.05) is 0 Å². The number of morpholine rings is 1. The number of rotatable bonds is 2. The van der Waals surface area contributed by atoms with E-state index < -0.39 is 0 Å². The Labute approximate surface area is 90.8 Å². The summed E-state index contributed by atoms with van der Waals surface area (Å²) in [5.74, 6) is 2.07. The molecule has 0 radical (unpaired) electrons. The van der Waals surface area contributed by atoms with Gasteiger partial charge in [0.1, 0.15) is 5.78 Å². The van der Waals surface area contributed by atoms with Crippen molar-refractivity contribution in [3.8, 4) is 0 Å². The minimum Gasteiger partial charge on any atom is -0.379 e. The number of carbonyl (C=O) groups is 1. The predicted molar refractivity (Wildman–Crippen MR) is 56.6 cm³/mol. The third-order valence-corrected chi connectivity index (χ3v) is 4.37. The van der Waals surface area contributed by atoms with Gasteiger partial charge in [0.15, 0.2) is 0 Å². The second-order valence-corrected chi connectivity index (χ2v) is 5.19. The van der Waals surface area contributed by atoms with E-state index in [1.807, 2.05) is 0 Å². The fraction of sp³-hybridized carbons (Fsp3) is 0.917. The molecule has 0 aromatic carbocycles. The van der Waals surface area contributed by atoms with Crippen molar-refractivity contribution in [1.82, 2.24) is 4.90 Å². The summed E-state index contributed by atoms with van der Waals surface area (Å²) in [5, 5.41) is 0. The van der Waals surface area contributed by atoms with Gasteiger partial charge in [-0.15, -0.1) is 0 Å². The lowest BCUT2D eigenvalue weighted by molar-refractivity contribution is -0.126. The highest BCUT2D eigenvalue weighted by molar-refractivity contribution is 5.87. The summed E-state index contributed by atoms with van der Waals surface area (Å²) in [7, 11) is 0. The molecule has 0 aromatic heterocycles. The van der Waals surface area contributed by atoms with Crippen molar-refractivity contribution in [2.45, 2.75) is 19.3 Å². The molecule has 0 N–H and O–H groups in total. The molecule has 2 bridgehead atoms. The van der Waals surface area contributed by atoms with Gasteiger partial charge in [0.25, 0.3) is 0 Å². The van der Waals surface area contributed by atoms with Crippen molar-refractivity contribution in [2.75, 3.05) is 32.8 Å². The highest BCUT2D eigenvalue weighted by atomic mass is 16.5. The molecule has 3 nitrogen and oxygen atoms in total. The van der Waals surface area contributed by atoms with Crippen LogP contribution < -0.4 is 0 Å². The highest BCUT2D eigenvalue weighted by Gasteiger charge is 2.46. The molecule has 0 amide bonds. The van der Waals surface area contributed by atoms with E-state index in [9.17, 15) is 4.79 Å². The molecule has 2 saturated carbocycles. The maximum Gasteiger partial charge on any atom is 0.140 e. The summed E-state index contributed by atoms with van der Waals surface area (Å²) in [6.07, 6.45) is 3.66. The van der Waals surface area contributed by atoms with E-state index in [2.05, 4.69) is 4.90 Å². The van der Waals surface area contributed by atoms with Crippen molar-refractivity contribution in [2.24, 2.45) is 17.8 Å². The van der Waals surface area contributed by atoms with Gasteiger partial charge in [-0.25, -0.2) is 0 Å². The summed E-state index contributed by atoms with van der Waals surface area (Å²) in [4.78, 5) is 14.4. The first-order valence-electron chi connectivity index (χ1n) is 6.18. The monoisotopic (exact) mass is 209 g/mol. The van der Waals surface area contributed by atoms with E-state index >= 15 is 0 Å². The van der Waals surface area contributed by atoms with Crippen LogP contribution in [0.25, 0.3) is 0 Å². The van der Waals surface area contributed by atoms with Gasteiger partial charge in [0, 0.05) is 31.5 Å². The number of ketones is 1. The quantitative estimate of drug-likeness (QED) is 0.677. The second-order valence-electron chi connectivity index (χ2n) is 5.19. The van der Waals surface area contributed by atoms with Crippen molar-refractivity contribution in [1.29, 1.82) is 0 Å². The zero-order chi connectivity index (χ0) is 10.3. The van der Waals surface area contributed by atoms with Crippen LogP contribution in [0.2, 0.25) is 0 Å². The zero-order valence-corrected chi connectivity index (χ0v) is 9.15. The molecule has 0 spiro atoms. The smallest absolute Gasteiger partial charge is 0.140 e. The van der Waals surface area contributed by atoms with E-state index in [4.69, 9.17) is 4.74 Å². The first kappa shape index (κ1) is 9.79. The van der Waals surface area contributed by atoms with Gasteiger partial charge >= 0.3 is 0 Å². The molecule has 1 heterocycles. The number of hydrogen-bond donors (Lipinski definition) is 0. The number of fused-ring (bicyclic) bond motifs is 2. The molecule has 15 heavy (non-hydrogen) atoms. The average Bonchev–Trinajstić information content (AvgIpc) is 2.84. The van der Waals surface area contributed by atoms with Crippen LogP contribution in [0, 0.1) is 17.8 Å². The normalized spacial score (nSPS) is 41.3. The maximum atomic E-state index is 12.0. The Morgan fingerprint density at radius 3 is 2.73 bits per heavy atom. The van der Waals surface area contributed by atoms with Gasteiger partial charge in [0.2, 0.25) is 0 Å². The first-order valence-corrected chi connectivity index (χ1v) is 6.18. The summed E-state index contributed by atoms with van der Waals surface area (Å²) in [6, 6.07) is 0. The van der Waals surface area contributed by atoms with Crippen molar-refractivity contribution >= 4 is 5.78 Å². The number of ether oxygens (including phenoxy) is 1. The molecule has 1 unspecified atom stereocenters. The summed E-state index contributed by atoms with van der Waals surface area (Å²) in [5.41, 5.74) is 0. The molecular formula is C12H19NO2. The van der Waals surface area contributed by atoms with Crippen LogP contribution in [0.15, 0.2) is 0 Å². The Balaban J connectivity index is 1.60. The topological polar surface area (TPSA) is 29.5 Å². The van der Waals surface area contributed by atoms with E-state index in [-0.39, 0.29) is 0 Å². The van der Waals surface area contributed by atoms with Crippen molar-refractivity contribution in [3.63, 3.8) is 0 Å². The first-order chi connectivity index (χ1) is 7.34. The van der Waals surface area contributed by atoms with Crippen LogP contribution in [-0.2, 0) is 9.53 Å². The average molecular weight is 209 g/mol. The van der Waals surface area contributed by atoms with Crippen molar-refractivity contribution < 1.29 is 9.53 Å². The Hall–Kier alpha value is -0.410. The van der Waals surface area contributed by atoms with Gasteiger partial charge in [-0.05, 0) is 25.2 Å². The molecule has 1 saturated heterocycles. The molecule has 0 aromatic rings. The summed E-state index contributed by atoms with van der Waals surface area (Å²) < 4.78 is 5.33. The molecule has 3 rings (SSSR count). The van der Waals surface area contributed by atoms with E-state index in [1.54, 1.807) is 0 Å². The fourth-order valence-corrected chi connectivity index (χ4v) is 3.48. The van der Waals surface area contributed by atoms with Crippen LogP contribution in [0.4, 0.5) is 0 Å². The van der Waals surface area contributed by atoms with Crippen LogP contribution in [0.3, 0.4) is 0 Å². The fourth-order valence-electron chi connectivity index (χ4n) is 3.48. The number of carbonyl (C=O) groups excluding carboxylic acids is 1. The molecular weight excluding hydrogens is 190 g/mol. The lowest BCUT2D eigenvalue weighted by Crippen LogP contribution is -2.42. The minimum atomic E-state index is 0.363. The number of nitrogens with zero attached hydrogens (tertiary/aromatic N) is 1. The zero-order valence-electron chi connectivity index (χ0n) is 9.15. The van der Waals surface area contributed by atoms with Crippen LogP contribution in [0.5, 0.6) is 0 Å². The minimum absolute atomic E-state index is 0.363. The molecule has 3 aliphatic rings. The van der Waals surface area contributed by atoms with Gasteiger partial charge < -0.3 is 4.74 Å². The largest absolute Gasteiger partial charge is 0.379 e. The highest BCUT2D eigenvalue weighted by Crippen LogP contribution is 2.46. The van der Waals surface area contributed by atoms with E-state index in [0.717, 1.165) is 32.8 Å². The van der Waals surface area contributed by atoms with Crippen LogP contribution in [-0.4, -0.2) is 43.5 Å². The Morgan fingerprint density at radius 1 is 1.27 bits per heavy atom. The molecule has 3 atom stereocenters. The molecule has 1 aliphatic heterocycles. The number of Topliss-reactive ketones (excluding diaryl/α,β-unsaturated/α-hetero) is 1. The summed E-state index contributed by atoms with van der Waals surface area (Å²) in [6.45, 7) is 4.72. The second kappa shape index (κ2) is 3.87. The van der Waals surface area contributed by atoms with Gasteiger partial charge in [0.05, 0.1) is 13.2 Å². The van der Waals surface area contributed by atoms with E-state index in [1.165, 1.54) is 19.3 Å². The van der Waals surface area contributed by atoms with E-state index in [0.29, 0.717) is 23.5 Å². The van der Waals surface area contributed by atoms with Crippen LogP contribution >= 0.6 is 0 Å². The lowest BCUT2D eigenvalue weighted by Gasteiger charge is -2.31. The lowest BCUT2D eigenvalue weighted by atomic mass is 9.87. The maximum absolute atomic E-state index is 12.0. The number of hydrogen-bond acceptors (Lipinski definition) is 3. The Morgan fingerprint density at radius 2 is 2.07 bits per heavy atom. The predicted octanol–water partition coefficient (Wildman–Crippen LogP) is 0.934. The SMILES string of the molecule is O=C1[C@@H]2CCC(C2)[C@@H]1CN1CCOCC1. The van der Waals surface area contributed by atoms with Gasteiger partial charge in [-0.3, -0.25) is 9.69 Å². The van der Waals surface area contributed by atoms with Crippen molar-refractivity contribution in [3.05, 3.63) is 0 Å². The van der Waals surface area contributed by atoms with Crippen LogP contribution in [0.1, 0.15) is 19.3 Å².